The van der Waals surface area contributed by atoms with Crippen LogP contribution in [0, 0.1) is 0 Å². The first-order valence-corrected chi connectivity index (χ1v) is 6.21. The molecule has 5 heteroatoms. The number of rotatable bonds is 2. The van der Waals surface area contributed by atoms with E-state index in [1.807, 2.05) is 18.2 Å². The van der Waals surface area contributed by atoms with E-state index in [1.165, 1.54) is 12.1 Å². The van der Waals surface area contributed by atoms with Crippen LogP contribution in [0.25, 0.3) is 10.6 Å². The molecule has 0 aliphatic rings. The molecular formula is C14H9BrF3N. The molecule has 0 spiro atoms. The van der Waals surface area contributed by atoms with Crippen molar-refractivity contribution in [1.29, 1.82) is 0 Å². The highest BCUT2D eigenvalue weighted by Gasteiger charge is 2.29. The van der Waals surface area contributed by atoms with E-state index < -0.39 is 11.7 Å². The molecule has 0 saturated carbocycles. The van der Waals surface area contributed by atoms with E-state index in [1.54, 1.807) is 12.4 Å². The van der Waals surface area contributed by atoms with Crippen LogP contribution >= 0.6 is 15.9 Å². The predicted octanol–water partition coefficient (Wildman–Crippen LogP) is 4.99. The van der Waals surface area contributed by atoms with Gasteiger partial charge in [0.05, 0.1) is 5.56 Å². The monoisotopic (exact) mass is 327 g/mol. The maximum atomic E-state index is 12.4. The Morgan fingerprint density at radius 1 is 1.00 bits per heavy atom. The van der Waals surface area contributed by atoms with E-state index in [-0.39, 0.29) is 0 Å². The van der Waals surface area contributed by atoms with E-state index in [0.717, 1.165) is 17.7 Å². The summed E-state index contributed by atoms with van der Waals surface area (Å²) in [7, 11) is 0. The van der Waals surface area contributed by atoms with Crippen molar-refractivity contribution in [3.05, 3.63) is 65.5 Å². The van der Waals surface area contributed by atoms with Gasteiger partial charge in [-0.05, 0) is 41.5 Å². The van der Waals surface area contributed by atoms with Gasteiger partial charge >= 0.3 is 6.18 Å². The normalized spacial score (nSPS) is 12.5. The van der Waals surface area contributed by atoms with Crippen LogP contribution in [0.1, 0.15) is 16.7 Å². The summed E-state index contributed by atoms with van der Waals surface area (Å²) in [6.07, 6.45) is 0.821. The molecule has 1 nitrogen and oxygen atoms in total. The van der Waals surface area contributed by atoms with E-state index in [4.69, 9.17) is 0 Å². The van der Waals surface area contributed by atoms with Crippen LogP contribution < -0.4 is 0 Å². The molecule has 0 saturated heterocycles. The largest absolute Gasteiger partial charge is 0.416 e. The molecule has 0 bridgehead atoms. The third kappa shape index (κ3) is 3.67. The lowest BCUT2D eigenvalue weighted by Crippen LogP contribution is -2.04. The van der Waals surface area contributed by atoms with Crippen molar-refractivity contribution in [2.45, 2.75) is 6.18 Å². The van der Waals surface area contributed by atoms with Crippen molar-refractivity contribution in [1.82, 2.24) is 4.98 Å². The molecule has 0 unspecified atom stereocenters. The quantitative estimate of drug-likeness (QED) is 0.756. The van der Waals surface area contributed by atoms with Crippen LogP contribution in [0.5, 0.6) is 0 Å². The highest BCUT2D eigenvalue weighted by atomic mass is 79.9. The van der Waals surface area contributed by atoms with Crippen molar-refractivity contribution < 1.29 is 13.2 Å². The van der Waals surface area contributed by atoms with Crippen LogP contribution in [0.15, 0.2) is 48.8 Å². The standard InChI is InChI=1S/C14H9BrF3N/c15-13(9-10-5-7-19-8-6-10)11-1-3-12(4-2-11)14(16,17)18/h1-9H. The number of halogens is 4. The second-order valence-corrected chi connectivity index (χ2v) is 4.70. The number of pyridine rings is 1. The Morgan fingerprint density at radius 3 is 2.11 bits per heavy atom. The van der Waals surface area contributed by atoms with Gasteiger partial charge in [-0.2, -0.15) is 13.2 Å². The summed E-state index contributed by atoms with van der Waals surface area (Å²) in [4.78, 5) is 3.89. The van der Waals surface area contributed by atoms with Crippen LogP contribution in [0.3, 0.4) is 0 Å². The summed E-state index contributed by atoms with van der Waals surface area (Å²) >= 11 is 3.36. The van der Waals surface area contributed by atoms with E-state index in [2.05, 4.69) is 20.9 Å². The lowest BCUT2D eigenvalue weighted by molar-refractivity contribution is -0.137. The molecule has 1 aromatic heterocycles. The molecule has 1 heterocycles. The van der Waals surface area contributed by atoms with Gasteiger partial charge in [0.15, 0.2) is 0 Å². The maximum Gasteiger partial charge on any atom is 0.416 e. The van der Waals surface area contributed by atoms with Gasteiger partial charge in [0, 0.05) is 16.9 Å². The van der Waals surface area contributed by atoms with Crippen molar-refractivity contribution in [2.24, 2.45) is 0 Å². The van der Waals surface area contributed by atoms with Crippen LogP contribution in [-0.2, 0) is 6.18 Å². The molecule has 1 aromatic carbocycles. The molecule has 98 valence electrons. The van der Waals surface area contributed by atoms with Crippen molar-refractivity contribution in [3.63, 3.8) is 0 Å². The van der Waals surface area contributed by atoms with Gasteiger partial charge in [-0.25, -0.2) is 0 Å². The minimum atomic E-state index is -4.31. The van der Waals surface area contributed by atoms with Crippen LogP contribution in [0.2, 0.25) is 0 Å². The molecule has 0 atom stereocenters. The summed E-state index contributed by atoms with van der Waals surface area (Å²) in [5.41, 5.74) is 0.951. The fourth-order valence-corrected chi connectivity index (χ4v) is 2.04. The number of hydrogen-bond donors (Lipinski definition) is 0. The Labute approximate surface area is 116 Å². The van der Waals surface area contributed by atoms with Crippen molar-refractivity contribution >= 4 is 26.5 Å². The first-order valence-electron chi connectivity index (χ1n) is 5.42. The molecule has 0 amide bonds. The number of aromatic nitrogens is 1. The average molecular weight is 328 g/mol. The lowest BCUT2D eigenvalue weighted by Gasteiger charge is -2.07. The zero-order valence-corrected chi connectivity index (χ0v) is 11.2. The van der Waals surface area contributed by atoms with Crippen LogP contribution in [0.4, 0.5) is 13.2 Å². The first-order chi connectivity index (χ1) is 8.97. The molecule has 0 aliphatic carbocycles. The summed E-state index contributed by atoms with van der Waals surface area (Å²) in [5.74, 6) is 0. The van der Waals surface area contributed by atoms with E-state index in [0.29, 0.717) is 10.0 Å². The molecule has 2 aromatic rings. The first kappa shape index (κ1) is 13.8. The summed E-state index contributed by atoms with van der Waals surface area (Å²) in [6.45, 7) is 0. The number of hydrogen-bond acceptors (Lipinski definition) is 1. The topological polar surface area (TPSA) is 12.9 Å². The van der Waals surface area contributed by atoms with Gasteiger partial charge in [-0.3, -0.25) is 4.98 Å². The number of benzene rings is 1. The third-order valence-electron chi connectivity index (χ3n) is 2.49. The smallest absolute Gasteiger partial charge is 0.265 e. The molecule has 0 radical (unpaired) electrons. The van der Waals surface area contributed by atoms with Gasteiger partial charge in [0.25, 0.3) is 0 Å². The van der Waals surface area contributed by atoms with Gasteiger partial charge in [0.1, 0.15) is 0 Å². The highest BCUT2D eigenvalue weighted by Crippen LogP contribution is 2.31. The Balaban J connectivity index is 2.25. The fourth-order valence-electron chi connectivity index (χ4n) is 1.51. The zero-order chi connectivity index (χ0) is 13.9. The van der Waals surface area contributed by atoms with Gasteiger partial charge in [0.2, 0.25) is 0 Å². The molecular weight excluding hydrogens is 319 g/mol. The highest BCUT2D eigenvalue weighted by molar-refractivity contribution is 9.15. The second-order valence-electron chi connectivity index (χ2n) is 3.85. The Hall–Kier alpha value is -1.62. The third-order valence-corrected chi connectivity index (χ3v) is 3.17. The lowest BCUT2D eigenvalue weighted by atomic mass is 10.1. The number of alkyl halides is 3. The Morgan fingerprint density at radius 2 is 1.58 bits per heavy atom. The Kier molecular flexibility index (Phi) is 4.04. The molecule has 2 rings (SSSR count). The maximum absolute atomic E-state index is 12.4. The van der Waals surface area contributed by atoms with Crippen molar-refractivity contribution in [3.8, 4) is 0 Å². The fraction of sp³-hybridized carbons (Fsp3) is 0.0714. The van der Waals surface area contributed by atoms with E-state index in [9.17, 15) is 13.2 Å². The molecule has 19 heavy (non-hydrogen) atoms. The minimum absolute atomic E-state index is 0.652. The SMILES string of the molecule is FC(F)(F)c1ccc(C(Br)=Cc2ccncc2)cc1. The van der Waals surface area contributed by atoms with Crippen molar-refractivity contribution in [2.75, 3.05) is 0 Å². The average Bonchev–Trinajstić information content (AvgIpc) is 2.39. The summed E-state index contributed by atoms with van der Waals surface area (Å²) < 4.78 is 38.0. The Bertz CT molecular complexity index is 574. The summed E-state index contributed by atoms with van der Waals surface area (Å²) in [5, 5.41) is 0. The molecule has 0 aliphatic heterocycles. The van der Waals surface area contributed by atoms with E-state index >= 15 is 0 Å². The predicted molar refractivity (Wildman–Crippen MR) is 72.5 cm³/mol. The summed E-state index contributed by atoms with van der Waals surface area (Å²) in [6, 6.07) is 8.62. The second kappa shape index (κ2) is 5.57. The number of nitrogens with zero attached hydrogens (tertiary/aromatic N) is 1. The molecule has 0 N–H and O–H groups in total. The van der Waals surface area contributed by atoms with Gasteiger partial charge in [-0.15, -0.1) is 0 Å². The zero-order valence-electron chi connectivity index (χ0n) is 9.66. The van der Waals surface area contributed by atoms with Crippen LogP contribution in [-0.4, -0.2) is 4.98 Å². The van der Waals surface area contributed by atoms with Gasteiger partial charge < -0.3 is 0 Å². The molecule has 0 fully saturated rings. The van der Waals surface area contributed by atoms with Gasteiger partial charge in [-0.1, -0.05) is 28.1 Å². The minimum Gasteiger partial charge on any atom is -0.265 e.